The van der Waals surface area contributed by atoms with E-state index < -0.39 is 0 Å². The molecule has 0 aliphatic heterocycles. The summed E-state index contributed by atoms with van der Waals surface area (Å²) in [6.45, 7) is 6.51. The van der Waals surface area contributed by atoms with Gasteiger partial charge >= 0.3 is 0 Å². The van der Waals surface area contributed by atoms with Crippen LogP contribution in [0.5, 0.6) is 0 Å². The number of aliphatic imine (C=N–C) groups is 1. The van der Waals surface area contributed by atoms with E-state index >= 15 is 0 Å². The highest BCUT2D eigenvalue weighted by Gasteiger charge is 2.07. The van der Waals surface area contributed by atoms with Crippen molar-refractivity contribution in [3.63, 3.8) is 0 Å². The highest BCUT2D eigenvalue weighted by atomic mass is 15.3. The van der Waals surface area contributed by atoms with Crippen LogP contribution >= 0.6 is 0 Å². The SMILES string of the molecule is CCCCN(C)C(=NC)NCCC(C)c1ccccc1. The standard InChI is InChI=1S/C17H29N3/c1-5-6-14-20(4)17(18-3)19-13-12-15(2)16-10-8-7-9-11-16/h7-11,15H,5-6,12-14H2,1-4H3,(H,18,19). The largest absolute Gasteiger partial charge is 0.356 e. The summed E-state index contributed by atoms with van der Waals surface area (Å²) in [7, 11) is 3.96. The van der Waals surface area contributed by atoms with E-state index in [4.69, 9.17) is 0 Å². The molecule has 20 heavy (non-hydrogen) atoms. The van der Waals surface area contributed by atoms with Crippen LogP contribution in [0.15, 0.2) is 35.3 Å². The highest BCUT2D eigenvalue weighted by Crippen LogP contribution is 2.17. The zero-order valence-electron chi connectivity index (χ0n) is 13.4. The van der Waals surface area contributed by atoms with Crippen molar-refractivity contribution in [2.24, 2.45) is 4.99 Å². The summed E-state index contributed by atoms with van der Waals surface area (Å²) < 4.78 is 0. The molecule has 1 aromatic carbocycles. The number of hydrogen-bond acceptors (Lipinski definition) is 1. The molecule has 0 bridgehead atoms. The van der Waals surface area contributed by atoms with Crippen LogP contribution in [0.4, 0.5) is 0 Å². The van der Waals surface area contributed by atoms with Crippen LogP contribution in [-0.4, -0.2) is 38.0 Å². The molecule has 1 aromatic rings. The second-order valence-corrected chi connectivity index (χ2v) is 5.35. The smallest absolute Gasteiger partial charge is 0.193 e. The molecule has 0 saturated carbocycles. The van der Waals surface area contributed by atoms with Gasteiger partial charge in [0, 0.05) is 27.2 Å². The Balaban J connectivity index is 2.35. The van der Waals surface area contributed by atoms with Crippen molar-refractivity contribution in [3.05, 3.63) is 35.9 Å². The van der Waals surface area contributed by atoms with Crippen LogP contribution in [0.3, 0.4) is 0 Å². The zero-order chi connectivity index (χ0) is 14.8. The number of nitrogens with one attached hydrogen (secondary N) is 1. The van der Waals surface area contributed by atoms with Gasteiger partial charge in [0.2, 0.25) is 0 Å². The third-order valence-electron chi connectivity index (χ3n) is 3.65. The summed E-state index contributed by atoms with van der Waals surface area (Å²) in [5, 5.41) is 3.45. The number of guanidine groups is 1. The molecule has 1 rings (SSSR count). The number of unbranched alkanes of at least 4 members (excludes halogenated alkanes) is 1. The zero-order valence-corrected chi connectivity index (χ0v) is 13.4. The fraction of sp³-hybridized carbons (Fsp3) is 0.588. The summed E-state index contributed by atoms with van der Waals surface area (Å²) >= 11 is 0. The van der Waals surface area contributed by atoms with E-state index in [1.807, 2.05) is 7.05 Å². The van der Waals surface area contributed by atoms with Crippen molar-refractivity contribution < 1.29 is 0 Å². The molecule has 0 saturated heterocycles. The second-order valence-electron chi connectivity index (χ2n) is 5.35. The fourth-order valence-electron chi connectivity index (χ4n) is 2.23. The van der Waals surface area contributed by atoms with Gasteiger partial charge in [-0.15, -0.1) is 0 Å². The third-order valence-corrected chi connectivity index (χ3v) is 3.65. The number of rotatable bonds is 7. The van der Waals surface area contributed by atoms with Gasteiger partial charge in [-0.3, -0.25) is 4.99 Å². The molecule has 0 heterocycles. The summed E-state index contributed by atoms with van der Waals surface area (Å²) in [5.74, 6) is 1.57. The van der Waals surface area contributed by atoms with E-state index in [0.717, 1.165) is 25.5 Å². The number of hydrogen-bond donors (Lipinski definition) is 1. The monoisotopic (exact) mass is 275 g/mol. The molecule has 0 aliphatic rings. The van der Waals surface area contributed by atoms with Gasteiger partial charge in [-0.1, -0.05) is 50.6 Å². The molecule has 0 fully saturated rings. The number of benzene rings is 1. The predicted octanol–water partition coefficient (Wildman–Crippen LogP) is 3.49. The minimum absolute atomic E-state index is 0.572. The summed E-state index contributed by atoms with van der Waals surface area (Å²) in [4.78, 5) is 6.55. The van der Waals surface area contributed by atoms with Crippen LogP contribution in [0, 0.1) is 0 Å². The van der Waals surface area contributed by atoms with Crippen LogP contribution in [0.1, 0.15) is 44.6 Å². The fourth-order valence-corrected chi connectivity index (χ4v) is 2.23. The predicted molar refractivity (Wildman–Crippen MR) is 88.4 cm³/mol. The normalized spacial score (nSPS) is 13.1. The Morgan fingerprint density at radius 3 is 2.60 bits per heavy atom. The van der Waals surface area contributed by atoms with Gasteiger partial charge in [-0.05, 0) is 24.3 Å². The molecule has 0 aromatic heterocycles. The lowest BCUT2D eigenvalue weighted by Crippen LogP contribution is -2.40. The first-order valence-electron chi connectivity index (χ1n) is 7.65. The maximum atomic E-state index is 4.34. The van der Waals surface area contributed by atoms with Crippen LogP contribution < -0.4 is 5.32 Å². The Bertz CT molecular complexity index is 386. The van der Waals surface area contributed by atoms with Crippen LogP contribution in [0.25, 0.3) is 0 Å². The summed E-state index contributed by atoms with van der Waals surface area (Å²) in [6.07, 6.45) is 3.54. The molecule has 3 nitrogen and oxygen atoms in total. The molecular formula is C17H29N3. The first kappa shape index (κ1) is 16.5. The Labute approximate surface area is 124 Å². The lowest BCUT2D eigenvalue weighted by Gasteiger charge is -2.22. The van der Waals surface area contributed by atoms with E-state index in [2.05, 4.69) is 66.4 Å². The first-order valence-corrected chi connectivity index (χ1v) is 7.65. The molecule has 1 atom stereocenters. The van der Waals surface area contributed by atoms with E-state index in [-0.39, 0.29) is 0 Å². The highest BCUT2D eigenvalue weighted by molar-refractivity contribution is 5.79. The average Bonchev–Trinajstić information content (AvgIpc) is 2.49. The third kappa shape index (κ3) is 5.64. The van der Waals surface area contributed by atoms with E-state index in [1.54, 1.807) is 0 Å². The van der Waals surface area contributed by atoms with E-state index in [9.17, 15) is 0 Å². The minimum atomic E-state index is 0.572. The van der Waals surface area contributed by atoms with Gasteiger partial charge < -0.3 is 10.2 Å². The van der Waals surface area contributed by atoms with Gasteiger partial charge in [0.15, 0.2) is 5.96 Å². The van der Waals surface area contributed by atoms with Gasteiger partial charge in [0.1, 0.15) is 0 Å². The molecule has 112 valence electrons. The van der Waals surface area contributed by atoms with Crippen molar-refractivity contribution in [2.75, 3.05) is 27.2 Å². The lowest BCUT2D eigenvalue weighted by molar-refractivity contribution is 0.462. The Morgan fingerprint density at radius 2 is 2.00 bits per heavy atom. The van der Waals surface area contributed by atoms with Crippen molar-refractivity contribution in [1.82, 2.24) is 10.2 Å². The maximum absolute atomic E-state index is 4.34. The molecular weight excluding hydrogens is 246 g/mol. The topological polar surface area (TPSA) is 27.6 Å². The van der Waals surface area contributed by atoms with Crippen molar-refractivity contribution in [1.29, 1.82) is 0 Å². The molecule has 0 radical (unpaired) electrons. The van der Waals surface area contributed by atoms with Crippen molar-refractivity contribution >= 4 is 5.96 Å². The number of nitrogens with zero attached hydrogens (tertiary/aromatic N) is 2. The van der Waals surface area contributed by atoms with Gasteiger partial charge in [0.25, 0.3) is 0 Å². The van der Waals surface area contributed by atoms with Crippen LogP contribution in [0.2, 0.25) is 0 Å². The molecule has 0 aliphatic carbocycles. The lowest BCUT2D eigenvalue weighted by atomic mass is 9.98. The Morgan fingerprint density at radius 1 is 1.30 bits per heavy atom. The first-order chi connectivity index (χ1) is 9.69. The molecule has 1 unspecified atom stereocenters. The van der Waals surface area contributed by atoms with Crippen molar-refractivity contribution in [2.45, 2.75) is 39.0 Å². The molecule has 0 amide bonds. The average molecular weight is 275 g/mol. The van der Waals surface area contributed by atoms with Crippen molar-refractivity contribution in [3.8, 4) is 0 Å². The van der Waals surface area contributed by atoms with Gasteiger partial charge in [-0.25, -0.2) is 0 Å². The molecule has 1 N–H and O–H groups in total. The van der Waals surface area contributed by atoms with Gasteiger partial charge in [-0.2, -0.15) is 0 Å². The van der Waals surface area contributed by atoms with E-state index in [0.29, 0.717) is 5.92 Å². The summed E-state index contributed by atoms with van der Waals surface area (Å²) in [6, 6.07) is 10.7. The minimum Gasteiger partial charge on any atom is -0.356 e. The van der Waals surface area contributed by atoms with Crippen LogP contribution in [-0.2, 0) is 0 Å². The van der Waals surface area contributed by atoms with E-state index in [1.165, 1.54) is 18.4 Å². The molecule has 0 spiro atoms. The quantitative estimate of drug-likeness (QED) is 0.609. The Kier molecular flexibility index (Phi) is 7.78. The molecule has 3 heteroatoms. The maximum Gasteiger partial charge on any atom is 0.193 e. The Hall–Kier alpha value is -1.51. The van der Waals surface area contributed by atoms with Gasteiger partial charge in [0.05, 0.1) is 0 Å². The summed E-state index contributed by atoms with van der Waals surface area (Å²) in [5.41, 5.74) is 1.41. The second kappa shape index (κ2) is 9.40.